The summed E-state index contributed by atoms with van der Waals surface area (Å²) in [7, 11) is -3.82. The SMILES string of the molecule is Cc1ccc(Cl)cc1N1CCN(C(C)C(=O)Nc2cccc(S(N)(=O)=O)c2)CC1. The van der Waals surface area contributed by atoms with E-state index in [-0.39, 0.29) is 16.8 Å². The number of nitrogens with one attached hydrogen (secondary N) is 1. The number of carbonyl (C=O) groups excluding carboxylic acids is 1. The molecule has 1 unspecified atom stereocenters. The lowest BCUT2D eigenvalue weighted by Crippen LogP contribution is -2.53. The van der Waals surface area contributed by atoms with Gasteiger partial charge in [-0.25, -0.2) is 13.6 Å². The molecule has 1 amide bonds. The zero-order valence-corrected chi connectivity index (χ0v) is 18.0. The molecule has 1 heterocycles. The van der Waals surface area contributed by atoms with Crippen molar-refractivity contribution in [2.75, 3.05) is 36.4 Å². The number of hydrogen-bond acceptors (Lipinski definition) is 5. The number of aryl methyl sites for hydroxylation is 1. The van der Waals surface area contributed by atoms with Crippen LogP contribution in [0.25, 0.3) is 0 Å². The molecule has 0 bridgehead atoms. The monoisotopic (exact) mass is 436 g/mol. The first-order chi connectivity index (χ1) is 13.6. The summed E-state index contributed by atoms with van der Waals surface area (Å²) in [6.45, 7) is 6.96. The number of amides is 1. The molecular formula is C20H25ClN4O3S. The molecule has 0 radical (unpaired) electrons. The lowest BCUT2D eigenvalue weighted by Gasteiger charge is -2.39. The Hall–Kier alpha value is -2.13. The first-order valence-corrected chi connectivity index (χ1v) is 11.3. The molecular weight excluding hydrogens is 412 g/mol. The summed E-state index contributed by atoms with van der Waals surface area (Å²) in [5.41, 5.74) is 2.69. The Morgan fingerprint density at radius 2 is 1.83 bits per heavy atom. The highest BCUT2D eigenvalue weighted by molar-refractivity contribution is 7.89. The minimum absolute atomic E-state index is 0.0338. The van der Waals surface area contributed by atoms with Gasteiger partial charge in [0.15, 0.2) is 0 Å². The van der Waals surface area contributed by atoms with Crippen molar-refractivity contribution in [2.45, 2.75) is 24.8 Å². The van der Waals surface area contributed by atoms with Gasteiger partial charge in [-0.3, -0.25) is 9.69 Å². The molecule has 0 saturated carbocycles. The second kappa shape index (κ2) is 8.71. The summed E-state index contributed by atoms with van der Waals surface area (Å²) in [6.07, 6.45) is 0. The number of sulfonamides is 1. The van der Waals surface area contributed by atoms with Crippen molar-refractivity contribution in [1.29, 1.82) is 0 Å². The van der Waals surface area contributed by atoms with Crippen LogP contribution in [0.1, 0.15) is 12.5 Å². The number of rotatable bonds is 5. The van der Waals surface area contributed by atoms with E-state index in [1.54, 1.807) is 12.1 Å². The van der Waals surface area contributed by atoms with Crippen molar-refractivity contribution >= 4 is 38.9 Å². The van der Waals surface area contributed by atoms with Crippen LogP contribution in [-0.4, -0.2) is 51.4 Å². The van der Waals surface area contributed by atoms with Crippen molar-refractivity contribution in [3.8, 4) is 0 Å². The number of hydrogen-bond donors (Lipinski definition) is 2. The highest BCUT2D eigenvalue weighted by Crippen LogP contribution is 2.25. The second-order valence-corrected chi connectivity index (χ2v) is 9.19. The Kier molecular flexibility index (Phi) is 6.48. The Bertz CT molecular complexity index is 1000. The summed E-state index contributed by atoms with van der Waals surface area (Å²) in [6, 6.07) is 11.5. The van der Waals surface area contributed by atoms with Gasteiger partial charge in [0.25, 0.3) is 0 Å². The van der Waals surface area contributed by atoms with E-state index in [0.29, 0.717) is 10.7 Å². The van der Waals surface area contributed by atoms with Crippen LogP contribution in [0.5, 0.6) is 0 Å². The minimum atomic E-state index is -3.82. The highest BCUT2D eigenvalue weighted by atomic mass is 35.5. The van der Waals surface area contributed by atoms with Gasteiger partial charge >= 0.3 is 0 Å². The molecule has 0 spiro atoms. The molecule has 1 atom stereocenters. The fraction of sp³-hybridized carbons (Fsp3) is 0.350. The molecule has 3 N–H and O–H groups in total. The van der Waals surface area contributed by atoms with Crippen LogP contribution in [0, 0.1) is 6.92 Å². The largest absolute Gasteiger partial charge is 0.369 e. The van der Waals surface area contributed by atoms with Crippen molar-refractivity contribution in [3.63, 3.8) is 0 Å². The molecule has 1 aliphatic rings. The number of primary sulfonamides is 1. The van der Waals surface area contributed by atoms with Gasteiger partial charge in [-0.15, -0.1) is 0 Å². The predicted octanol–water partition coefficient (Wildman–Crippen LogP) is 2.45. The van der Waals surface area contributed by atoms with E-state index in [9.17, 15) is 13.2 Å². The van der Waals surface area contributed by atoms with Gasteiger partial charge < -0.3 is 10.2 Å². The number of piperazine rings is 1. The highest BCUT2D eigenvalue weighted by Gasteiger charge is 2.26. The molecule has 156 valence electrons. The van der Waals surface area contributed by atoms with E-state index in [2.05, 4.69) is 22.0 Å². The minimum Gasteiger partial charge on any atom is -0.369 e. The molecule has 2 aromatic rings. The number of nitrogens with zero attached hydrogens (tertiary/aromatic N) is 2. The molecule has 2 aromatic carbocycles. The van der Waals surface area contributed by atoms with Crippen LogP contribution in [0.2, 0.25) is 5.02 Å². The van der Waals surface area contributed by atoms with Crippen LogP contribution in [0.15, 0.2) is 47.4 Å². The normalized spacial score (nSPS) is 16.5. The Balaban J connectivity index is 1.61. The predicted molar refractivity (Wildman–Crippen MR) is 116 cm³/mol. The van der Waals surface area contributed by atoms with Crippen molar-refractivity contribution in [2.24, 2.45) is 5.14 Å². The maximum absolute atomic E-state index is 12.7. The average molecular weight is 437 g/mol. The van der Waals surface area contributed by atoms with Crippen molar-refractivity contribution in [3.05, 3.63) is 53.1 Å². The lowest BCUT2D eigenvalue weighted by atomic mass is 10.1. The van der Waals surface area contributed by atoms with Crippen LogP contribution >= 0.6 is 11.6 Å². The quantitative estimate of drug-likeness (QED) is 0.750. The van der Waals surface area contributed by atoms with Crippen LogP contribution in [0.4, 0.5) is 11.4 Å². The molecule has 3 rings (SSSR count). The van der Waals surface area contributed by atoms with Crippen LogP contribution in [0.3, 0.4) is 0 Å². The second-order valence-electron chi connectivity index (χ2n) is 7.19. The summed E-state index contributed by atoms with van der Waals surface area (Å²) in [4.78, 5) is 17.0. The van der Waals surface area contributed by atoms with Crippen LogP contribution in [-0.2, 0) is 14.8 Å². The van der Waals surface area contributed by atoms with Crippen molar-refractivity contribution in [1.82, 2.24) is 4.90 Å². The number of benzene rings is 2. The van der Waals surface area contributed by atoms with E-state index in [1.807, 2.05) is 25.1 Å². The first kappa shape index (κ1) is 21.6. The summed E-state index contributed by atoms with van der Waals surface area (Å²) < 4.78 is 23.0. The van der Waals surface area contributed by atoms with Crippen molar-refractivity contribution < 1.29 is 13.2 Å². The van der Waals surface area contributed by atoms with E-state index >= 15 is 0 Å². The summed E-state index contributed by atoms with van der Waals surface area (Å²) in [5, 5.41) is 8.64. The molecule has 9 heteroatoms. The van der Waals surface area contributed by atoms with Crippen LogP contribution < -0.4 is 15.4 Å². The third-order valence-electron chi connectivity index (χ3n) is 5.18. The van der Waals surface area contributed by atoms with E-state index < -0.39 is 10.0 Å². The molecule has 1 fully saturated rings. The van der Waals surface area contributed by atoms with Gasteiger partial charge in [-0.1, -0.05) is 23.7 Å². The fourth-order valence-corrected chi connectivity index (χ4v) is 4.16. The van der Waals surface area contributed by atoms with E-state index in [4.69, 9.17) is 16.7 Å². The lowest BCUT2D eigenvalue weighted by molar-refractivity contribution is -0.120. The number of halogens is 1. The van der Waals surface area contributed by atoms with Gasteiger partial charge in [0.05, 0.1) is 10.9 Å². The third-order valence-corrected chi connectivity index (χ3v) is 6.33. The maximum Gasteiger partial charge on any atom is 0.241 e. The molecule has 0 aliphatic carbocycles. The Labute approximate surface area is 176 Å². The molecule has 1 saturated heterocycles. The summed E-state index contributed by atoms with van der Waals surface area (Å²) >= 11 is 6.14. The molecule has 0 aromatic heterocycles. The summed E-state index contributed by atoms with van der Waals surface area (Å²) in [5.74, 6) is -0.191. The maximum atomic E-state index is 12.7. The first-order valence-electron chi connectivity index (χ1n) is 9.34. The average Bonchev–Trinajstić information content (AvgIpc) is 2.69. The zero-order valence-electron chi connectivity index (χ0n) is 16.4. The Morgan fingerprint density at radius 3 is 2.48 bits per heavy atom. The van der Waals surface area contributed by atoms with Gasteiger partial charge in [0.2, 0.25) is 15.9 Å². The van der Waals surface area contributed by atoms with Gasteiger partial charge in [0.1, 0.15) is 0 Å². The van der Waals surface area contributed by atoms with Gasteiger partial charge in [-0.05, 0) is 49.7 Å². The zero-order chi connectivity index (χ0) is 21.2. The van der Waals surface area contributed by atoms with E-state index in [1.165, 1.54) is 17.7 Å². The smallest absolute Gasteiger partial charge is 0.241 e. The number of anilines is 2. The van der Waals surface area contributed by atoms with Gasteiger partial charge in [0, 0.05) is 42.6 Å². The van der Waals surface area contributed by atoms with E-state index in [0.717, 1.165) is 31.9 Å². The topological polar surface area (TPSA) is 95.7 Å². The van der Waals surface area contributed by atoms with Gasteiger partial charge in [-0.2, -0.15) is 0 Å². The molecule has 1 aliphatic heterocycles. The number of carbonyl (C=O) groups is 1. The molecule has 29 heavy (non-hydrogen) atoms. The number of nitrogens with two attached hydrogens (primary N) is 1. The Morgan fingerprint density at radius 1 is 1.14 bits per heavy atom. The third kappa shape index (κ3) is 5.27. The fourth-order valence-electron chi connectivity index (χ4n) is 3.44. The standard InChI is InChI=1S/C20H25ClN4O3S/c1-14-6-7-16(21)12-19(14)25-10-8-24(9-11-25)15(2)20(26)23-17-4-3-5-18(13-17)29(22,27)28/h3-7,12-13,15H,8-11H2,1-2H3,(H,23,26)(H2,22,27,28). The molecule has 7 nitrogen and oxygen atoms in total.